The Balaban J connectivity index is 2.05. The highest BCUT2D eigenvalue weighted by Crippen LogP contribution is 2.42. The van der Waals surface area contributed by atoms with E-state index in [1.165, 1.54) is 0 Å². The van der Waals surface area contributed by atoms with E-state index in [9.17, 15) is 9.59 Å². The third kappa shape index (κ3) is 2.97. The predicted molar refractivity (Wildman–Crippen MR) is 72.0 cm³/mol. The van der Waals surface area contributed by atoms with E-state index in [2.05, 4.69) is 31.4 Å². The molecule has 1 aliphatic carbocycles. The summed E-state index contributed by atoms with van der Waals surface area (Å²) < 4.78 is 0.683. The van der Waals surface area contributed by atoms with Gasteiger partial charge in [-0.2, -0.15) is 5.10 Å². The molecular formula is C12H16BrN3O3. The largest absolute Gasteiger partial charge is 0.481 e. The highest BCUT2D eigenvalue weighted by Gasteiger charge is 2.31. The van der Waals surface area contributed by atoms with Crippen molar-refractivity contribution in [2.24, 2.45) is 5.92 Å². The molecule has 0 spiro atoms. The molecule has 0 saturated heterocycles. The Kier molecular flexibility index (Phi) is 3.93. The number of aromatic amines is 1. The maximum atomic E-state index is 12.0. The standard InChI is InChI=1S/C12H16BrN3O3/c1-5(12(18)19)6(2)14-11(17)10-8(13)9(15-16-10)7-3-4-7/h5-7H,3-4H2,1-2H3,(H,14,17)(H,15,16)(H,18,19). The number of carbonyl (C=O) groups is 2. The Bertz CT molecular complexity index is 510. The van der Waals surface area contributed by atoms with E-state index in [4.69, 9.17) is 5.11 Å². The molecule has 0 aromatic carbocycles. The number of nitrogens with zero attached hydrogens (tertiary/aromatic N) is 1. The summed E-state index contributed by atoms with van der Waals surface area (Å²) in [6, 6.07) is -0.460. The minimum atomic E-state index is -0.937. The Labute approximate surface area is 119 Å². The average Bonchev–Trinajstić information content (AvgIpc) is 3.11. The van der Waals surface area contributed by atoms with Crippen LogP contribution in [0.3, 0.4) is 0 Å². The van der Waals surface area contributed by atoms with Gasteiger partial charge >= 0.3 is 5.97 Å². The number of carbonyl (C=O) groups excluding carboxylic acids is 1. The van der Waals surface area contributed by atoms with Crippen LogP contribution in [-0.2, 0) is 4.79 Å². The van der Waals surface area contributed by atoms with Crippen molar-refractivity contribution in [2.45, 2.75) is 38.6 Å². The van der Waals surface area contributed by atoms with E-state index in [-0.39, 0.29) is 11.6 Å². The molecule has 2 atom stereocenters. The van der Waals surface area contributed by atoms with E-state index in [1.54, 1.807) is 13.8 Å². The summed E-state index contributed by atoms with van der Waals surface area (Å²) in [5.41, 5.74) is 1.23. The van der Waals surface area contributed by atoms with E-state index in [0.29, 0.717) is 10.4 Å². The van der Waals surface area contributed by atoms with Crippen LogP contribution in [0.5, 0.6) is 0 Å². The number of hydrogen-bond acceptors (Lipinski definition) is 3. The van der Waals surface area contributed by atoms with Crippen molar-refractivity contribution in [2.75, 3.05) is 0 Å². The molecule has 1 amide bonds. The lowest BCUT2D eigenvalue weighted by atomic mass is 10.0. The molecule has 1 aromatic rings. The molecule has 0 aliphatic heterocycles. The van der Waals surface area contributed by atoms with Crippen molar-refractivity contribution in [3.8, 4) is 0 Å². The third-order valence-corrected chi connectivity index (χ3v) is 4.23. The minimum absolute atomic E-state index is 0.284. The first-order valence-corrected chi connectivity index (χ1v) is 6.98. The fourth-order valence-electron chi connectivity index (χ4n) is 1.75. The molecule has 7 heteroatoms. The number of carboxylic acids is 1. The van der Waals surface area contributed by atoms with E-state index in [0.717, 1.165) is 18.5 Å². The Morgan fingerprint density at radius 1 is 1.47 bits per heavy atom. The van der Waals surface area contributed by atoms with Gasteiger partial charge in [-0.15, -0.1) is 0 Å². The lowest BCUT2D eigenvalue weighted by Crippen LogP contribution is -2.40. The van der Waals surface area contributed by atoms with E-state index >= 15 is 0 Å². The van der Waals surface area contributed by atoms with Gasteiger partial charge in [0.2, 0.25) is 0 Å². The molecule has 19 heavy (non-hydrogen) atoms. The molecule has 1 aliphatic rings. The second-order valence-corrected chi connectivity index (χ2v) is 5.76. The Morgan fingerprint density at radius 3 is 2.63 bits per heavy atom. The van der Waals surface area contributed by atoms with Crippen LogP contribution in [0.2, 0.25) is 0 Å². The molecule has 1 heterocycles. The van der Waals surface area contributed by atoms with Crippen molar-refractivity contribution < 1.29 is 14.7 Å². The highest BCUT2D eigenvalue weighted by atomic mass is 79.9. The maximum Gasteiger partial charge on any atom is 0.308 e. The molecule has 1 saturated carbocycles. The van der Waals surface area contributed by atoms with Gasteiger partial charge in [0, 0.05) is 12.0 Å². The number of rotatable bonds is 5. The van der Waals surface area contributed by atoms with Gasteiger partial charge in [-0.05, 0) is 42.6 Å². The molecule has 0 radical (unpaired) electrons. The summed E-state index contributed by atoms with van der Waals surface area (Å²) in [6.45, 7) is 3.22. The number of hydrogen-bond donors (Lipinski definition) is 3. The van der Waals surface area contributed by atoms with Gasteiger partial charge in [-0.3, -0.25) is 14.7 Å². The van der Waals surface area contributed by atoms with Gasteiger partial charge < -0.3 is 10.4 Å². The topological polar surface area (TPSA) is 95.1 Å². The summed E-state index contributed by atoms with van der Waals surface area (Å²) in [6.07, 6.45) is 2.21. The number of carboxylic acid groups (broad SMARTS) is 1. The van der Waals surface area contributed by atoms with Crippen molar-refractivity contribution in [1.29, 1.82) is 0 Å². The highest BCUT2D eigenvalue weighted by molar-refractivity contribution is 9.10. The molecule has 2 rings (SSSR count). The first kappa shape index (κ1) is 14.0. The smallest absolute Gasteiger partial charge is 0.308 e. The van der Waals surface area contributed by atoms with E-state index < -0.39 is 17.9 Å². The van der Waals surface area contributed by atoms with Crippen LogP contribution in [0.1, 0.15) is 48.8 Å². The molecule has 3 N–H and O–H groups in total. The van der Waals surface area contributed by atoms with Gasteiger partial charge in [-0.1, -0.05) is 0 Å². The SMILES string of the molecule is CC(NC(=O)c1n[nH]c(C2CC2)c1Br)C(C)C(=O)O. The Hall–Kier alpha value is -1.37. The number of amides is 1. The van der Waals surface area contributed by atoms with Crippen LogP contribution in [0.25, 0.3) is 0 Å². The molecule has 0 bridgehead atoms. The van der Waals surface area contributed by atoms with Gasteiger partial charge in [0.15, 0.2) is 5.69 Å². The van der Waals surface area contributed by atoms with Crippen LogP contribution in [0, 0.1) is 5.92 Å². The summed E-state index contributed by atoms with van der Waals surface area (Å²) in [5.74, 6) is -1.49. The quantitative estimate of drug-likeness (QED) is 0.768. The van der Waals surface area contributed by atoms with Crippen LogP contribution in [0.15, 0.2) is 4.47 Å². The molecular weight excluding hydrogens is 314 g/mol. The second-order valence-electron chi connectivity index (χ2n) is 4.96. The van der Waals surface area contributed by atoms with Crippen LogP contribution >= 0.6 is 15.9 Å². The number of aliphatic carboxylic acids is 1. The van der Waals surface area contributed by atoms with Crippen LogP contribution in [0.4, 0.5) is 0 Å². The zero-order chi connectivity index (χ0) is 14.2. The minimum Gasteiger partial charge on any atom is -0.481 e. The maximum absolute atomic E-state index is 12.0. The molecule has 2 unspecified atom stereocenters. The summed E-state index contributed by atoms with van der Waals surface area (Å²) in [5, 5.41) is 18.4. The van der Waals surface area contributed by atoms with Crippen molar-refractivity contribution >= 4 is 27.8 Å². The van der Waals surface area contributed by atoms with Crippen LogP contribution < -0.4 is 5.32 Å². The average molecular weight is 330 g/mol. The summed E-state index contributed by atoms with van der Waals surface area (Å²) in [4.78, 5) is 22.9. The van der Waals surface area contributed by atoms with Crippen molar-refractivity contribution in [3.05, 3.63) is 15.9 Å². The normalized spacial score (nSPS) is 17.8. The number of halogens is 1. The fourth-order valence-corrected chi connectivity index (χ4v) is 2.43. The van der Waals surface area contributed by atoms with E-state index in [1.807, 2.05) is 0 Å². The molecule has 1 aromatic heterocycles. The fraction of sp³-hybridized carbons (Fsp3) is 0.583. The predicted octanol–water partition coefficient (Wildman–Crippen LogP) is 1.89. The third-order valence-electron chi connectivity index (χ3n) is 3.43. The van der Waals surface area contributed by atoms with Gasteiger partial charge in [0.25, 0.3) is 5.91 Å². The van der Waals surface area contributed by atoms with Gasteiger partial charge in [0.05, 0.1) is 16.1 Å². The zero-order valence-corrected chi connectivity index (χ0v) is 12.3. The molecule has 1 fully saturated rings. The number of H-pyrrole nitrogens is 1. The number of nitrogens with one attached hydrogen (secondary N) is 2. The monoisotopic (exact) mass is 329 g/mol. The first-order chi connectivity index (χ1) is 8.91. The lowest BCUT2D eigenvalue weighted by Gasteiger charge is -2.17. The van der Waals surface area contributed by atoms with Crippen LogP contribution in [-0.4, -0.2) is 33.2 Å². The summed E-state index contributed by atoms with van der Waals surface area (Å²) >= 11 is 3.38. The van der Waals surface area contributed by atoms with Gasteiger partial charge in [0.1, 0.15) is 0 Å². The number of aromatic nitrogens is 2. The molecule has 6 nitrogen and oxygen atoms in total. The Morgan fingerprint density at radius 2 is 2.11 bits per heavy atom. The summed E-state index contributed by atoms with van der Waals surface area (Å²) in [7, 11) is 0. The first-order valence-electron chi connectivity index (χ1n) is 6.19. The lowest BCUT2D eigenvalue weighted by molar-refractivity contribution is -0.141. The second kappa shape index (κ2) is 5.32. The van der Waals surface area contributed by atoms with Gasteiger partial charge in [-0.25, -0.2) is 0 Å². The molecule has 104 valence electrons. The zero-order valence-electron chi connectivity index (χ0n) is 10.7. The van der Waals surface area contributed by atoms with Crippen molar-refractivity contribution in [1.82, 2.24) is 15.5 Å². The van der Waals surface area contributed by atoms with Crippen molar-refractivity contribution in [3.63, 3.8) is 0 Å².